The summed E-state index contributed by atoms with van der Waals surface area (Å²) in [6.45, 7) is 7.47. The largest absolute Gasteiger partial charge is 0.507 e. The molecule has 2 rings (SSSR count). The number of carbonyl (C=O) groups excluding carboxylic acids is 1. The zero-order valence-corrected chi connectivity index (χ0v) is 20.7. The Kier molecular flexibility index (Phi) is 8.93. The van der Waals surface area contributed by atoms with Crippen molar-refractivity contribution in [2.45, 2.75) is 40.7 Å². The third-order valence-electron chi connectivity index (χ3n) is 5.23. The Labute approximate surface area is 195 Å². The third kappa shape index (κ3) is 5.72. The summed E-state index contributed by atoms with van der Waals surface area (Å²) >= 11 is 6.06. The number of pyridine rings is 1. The number of amides is 1. The van der Waals surface area contributed by atoms with Gasteiger partial charge in [-0.05, 0) is 62.3 Å². The highest BCUT2D eigenvalue weighted by Gasteiger charge is 2.19. The molecule has 1 aromatic heterocycles. The number of aromatic hydroxyl groups is 1. The third-order valence-corrected chi connectivity index (χ3v) is 6.05. The lowest BCUT2D eigenvalue weighted by Gasteiger charge is -2.17. The van der Waals surface area contributed by atoms with E-state index < -0.39 is 5.91 Å². The van der Waals surface area contributed by atoms with Crippen molar-refractivity contribution < 1.29 is 14.6 Å². The highest BCUT2D eigenvalue weighted by atomic mass is 35.5. The minimum atomic E-state index is -0.446. The number of benzene rings is 1. The molecule has 0 aliphatic heterocycles. The second-order valence-electron chi connectivity index (χ2n) is 7.22. The van der Waals surface area contributed by atoms with Crippen LogP contribution in [0.2, 0.25) is 5.02 Å². The summed E-state index contributed by atoms with van der Waals surface area (Å²) < 4.78 is 5.32. The quantitative estimate of drug-likeness (QED) is 0.236. The topological polar surface area (TPSA) is 101 Å². The van der Waals surface area contributed by atoms with Crippen molar-refractivity contribution >= 4 is 32.1 Å². The van der Waals surface area contributed by atoms with Crippen LogP contribution in [0.5, 0.6) is 5.75 Å². The van der Waals surface area contributed by atoms with Gasteiger partial charge in [0, 0.05) is 16.8 Å². The molecular weight excluding hydrogens is 449 g/mol. The van der Waals surface area contributed by atoms with E-state index in [1.165, 1.54) is 6.07 Å². The number of nitrogens with zero attached hydrogens (tertiary/aromatic N) is 2. The average Bonchev–Trinajstić information content (AvgIpc) is 2.78. The molecule has 0 fully saturated rings. The van der Waals surface area contributed by atoms with Crippen LogP contribution in [0.4, 0.5) is 0 Å². The van der Waals surface area contributed by atoms with Crippen LogP contribution in [0.1, 0.15) is 50.2 Å². The summed E-state index contributed by atoms with van der Waals surface area (Å²) in [4.78, 5) is 28.0. The summed E-state index contributed by atoms with van der Waals surface area (Å²) in [6.07, 6.45) is 0.740. The zero-order valence-electron chi connectivity index (χ0n) is 18.7. The van der Waals surface area contributed by atoms with E-state index >= 15 is 0 Å². The molecule has 1 unspecified atom stereocenters. The predicted molar refractivity (Wildman–Crippen MR) is 131 cm³/mol. The maximum atomic E-state index is 13.0. The van der Waals surface area contributed by atoms with Gasteiger partial charge in [-0.25, -0.2) is 4.98 Å². The van der Waals surface area contributed by atoms with E-state index in [1.807, 2.05) is 27.7 Å². The second kappa shape index (κ2) is 11.2. The highest BCUT2D eigenvalue weighted by molar-refractivity contribution is 7.28. The van der Waals surface area contributed by atoms with Crippen LogP contribution in [0.15, 0.2) is 52.0 Å². The normalized spacial score (nSPS) is 12.6. The van der Waals surface area contributed by atoms with Crippen molar-refractivity contribution in [1.29, 1.82) is 0 Å². The monoisotopic (exact) mass is 475 g/mol. The average molecular weight is 476 g/mol. The van der Waals surface area contributed by atoms with Gasteiger partial charge >= 0.3 is 0 Å². The smallest absolute Gasteiger partial charge is 0.259 e. The Morgan fingerprint density at radius 1 is 1.28 bits per heavy atom. The molecule has 0 radical (unpaired) electrons. The van der Waals surface area contributed by atoms with Crippen LogP contribution >= 0.6 is 20.8 Å². The molecule has 2 aromatic rings. The van der Waals surface area contributed by atoms with Crippen LogP contribution in [0, 0.1) is 4.91 Å². The molecule has 1 heterocycles. The van der Waals surface area contributed by atoms with Crippen LogP contribution in [0.3, 0.4) is 0 Å². The van der Waals surface area contributed by atoms with Gasteiger partial charge in [0.25, 0.3) is 5.91 Å². The van der Waals surface area contributed by atoms with Crippen LogP contribution in [0.25, 0.3) is 11.3 Å². The lowest BCUT2D eigenvalue weighted by atomic mass is 10.0. The molecule has 7 nitrogen and oxygen atoms in total. The molecule has 1 aromatic carbocycles. The fraction of sp³-hybridized carbons (Fsp3) is 0.304. The summed E-state index contributed by atoms with van der Waals surface area (Å²) in [5.41, 5.74) is 3.99. The van der Waals surface area contributed by atoms with Crippen molar-refractivity contribution in [3.8, 4) is 17.0 Å². The van der Waals surface area contributed by atoms with Crippen LogP contribution in [-0.2, 0) is 11.3 Å². The number of hydrogen-bond acceptors (Lipinski definition) is 6. The van der Waals surface area contributed by atoms with Crippen molar-refractivity contribution in [3.05, 3.63) is 68.1 Å². The number of hydrogen-bond donors (Lipinski definition) is 2. The summed E-state index contributed by atoms with van der Waals surface area (Å²) in [5.74, 6) is 0.0432. The molecule has 0 saturated carbocycles. The van der Waals surface area contributed by atoms with Crippen molar-refractivity contribution in [2.24, 2.45) is 5.18 Å². The van der Waals surface area contributed by atoms with E-state index in [0.29, 0.717) is 38.7 Å². The number of allylic oxidation sites excluding steroid dienone is 3. The maximum absolute atomic E-state index is 13.0. The molecule has 2 N–H and O–H groups in total. The van der Waals surface area contributed by atoms with Gasteiger partial charge in [-0.2, -0.15) is 4.91 Å². The van der Waals surface area contributed by atoms with Crippen LogP contribution in [-0.4, -0.2) is 23.1 Å². The van der Waals surface area contributed by atoms with Gasteiger partial charge in [0.1, 0.15) is 12.3 Å². The first-order chi connectivity index (χ1) is 15.1. The number of aromatic nitrogens is 1. The van der Waals surface area contributed by atoms with Gasteiger partial charge in [-0.15, -0.1) is 9.24 Å². The molecule has 0 aliphatic carbocycles. The number of phenolic OH excluding ortho intramolecular Hbond substituents is 1. The number of carbonyl (C=O) groups is 1. The Hall–Kier alpha value is -2.76. The fourth-order valence-corrected chi connectivity index (χ4v) is 3.59. The van der Waals surface area contributed by atoms with Crippen LogP contribution < -0.4 is 10.6 Å². The van der Waals surface area contributed by atoms with E-state index in [1.54, 1.807) is 25.3 Å². The van der Waals surface area contributed by atoms with E-state index in [9.17, 15) is 14.8 Å². The second-order valence-corrected chi connectivity index (χ2v) is 8.25. The molecule has 0 aliphatic rings. The van der Waals surface area contributed by atoms with E-state index in [2.05, 4.69) is 24.7 Å². The number of ether oxygens (including phenoxy) is 1. The molecule has 0 spiro atoms. The molecule has 0 saturated heterocycles. The lowest BCUT2D eigenvalue weighted by molar-refractivity contribution is 0.0963. The first-order valence-electron chi connectivity index (χ1n) is 9.94. The van der Waals surface area contributed by atoms with Crippen molar-refractivity contribution in [3.63, 3.8) is 0 Å². The van der Waals surface area contributed by atoms with Gasteiger partial charge in [-0.1, -0.05) is 23.7 Å². The van der Waals surface area contributed by atoms with Gasteiger partial charge in [0.05, 0.1) is 34.8 Å². The Bertz CT molecular complexity index is 1110. The van der Waals surface area contributed by atoms with E-state index in [4.69, 9.17) is 16.3 Å². The van der Waals surface area contributed by atoms with Gasteiger partial charge in [0.2, 0.25) is 0 Å². The number of methoxy groups -OCH3 is 1. The van der Waals surface area contributed by atoms with E-state index in [0.717, 1.165) is 17.6 Å². The Balaban J connectivity index is 2.46. The number of rotatable bonds is 8. The standard InChI is InChI=1S/C23H27ClN3O4P/c1-6-12(2)22(13(3)14(4)31-5)27-23(29)16-10-21(32)15(9-20(16)28)18-8-7-17(24)19(26-18)11-25-30/h7-10,28H,6,11,32H2,1-5H3,(H,27,29)/b14-13+,22-12+. The van der Waals surface area contributed by atoms with E-state index in [-0.39, 0.29) is 17.9 Å². The molecule has 32 heavy (non-hydrogen) atoms. The Morgan fingerprint density at radius 3 is 2.56 bits per heavy atom. The number of halogens is 1. The first kappa shape index (κ1) is 25.5. The fourth-order valence-electron chi connectivity index (χ4n) is 3.02. The molecular formula is C23H27ClN3O4P. The molecule has 170 valence electrons. The van der Waals surface area contributed by atoms with Crippen molar-refractivity contribution in [2.75, 3.05) is 7.11 Å². The van der Waals surface area contributed by atoms with Crippen molar-refractivity contribution in [1.82, 2.24) is 10.3 Å². The predicted octanol–water partition coefficient (Wildman–Crippen LogP) is 5.23. The van der Waals surface area contributed by atoms with Gasteiger partial charge in [0.15, 0.2) is 0 Å². The molecule has 9 heteroatoms. The zero-order chi connectivity index (χ0) is 24.0. The molecule has 1 atom stereocenters. The first-order valence-corrected chi connectivity index (χ1v) is 10.9. The Morgan fingerprint density at radius 2 is 1.97 bits per heavy atom. The van der Waals surface area contributed by atoms with Gasteiger partial charge in [-0.3, -0.25) is 4.79 Å². The maximum Gasteiger partial charge on any atom is 0.259 e. The number of nitrogens with one attached hydrogen (secondary N) is 1. The minimum absolute atomic E-state index is 0.117. The number of phenols is 1. The molecule has 0 bridgehead atoms. The summed E-state index contributed by atoms with van der Waals surface area (Å²) in [5, 5.41) is 17.4. The SMILES string of the molecule is CC/C(C)=C(NC(=O)c1cc(P)c(-c2ccc(Cl)c(CN=O)n2)cc1O)\C(C)=C(/C)OC. The molecule has 1 amide bonds. The lowest BCUT2D eigenvalue weighted by Crippen LogP contribution is -2.26. The van der Waals surface area contributed by atoms with Gasteiger partial charge < -0.3 is 15.2 Å². The highest BCUT2D eigenvalue weighted by Crippen LogP contribution is 2.28. The number of nitroso groups, excluding NO2 is 1. The summed E-state index contributed by atoms with van der Waals surface area (Å²) in [7, 11) is 4.12. The minimum Gasteiger partial charge on any atom is -0.507 e. The summed E-state index contributed by atoms with van der Waals surface area (Å²) in [6, 6.07) is 6.32.